The highest BCUT2D eigenvalue weighted by Crippen LogP contribution is 2.15. The summed E-state index contributed by atoms with van der Waals surface area (Å²) in [4.78, 5) is 19.7. The van der Waals surface area contributed by atoms with E-state index in [4.69, 9.17) is 21.1 Å². The summed E-state index contributed by atoms with van der Waals surface area (Å²) in [5.41, 5.74) is 0. The number of ether oxygens (including phenoxy) is 2. The molecule has 0 saturated carbocycles. The summed E-state index contributed by atoms with van der Waals surface area (Å²) in [6, 6.07) is 7.25. The first-order valence-corrected chi connectivity index (χ1v) is 9.47. The molecule has 0 aliphatic carbocycles. The first kappa shape index (κ1) is 26.7. The molecule has 0 bridgehead atoms. The number of nitrogens with one attached hydrogen (secondary N) is 1. The number of nitrogens with zero attached hydrogens (tertiary/aromatic N) is 3. The molecule has 0 atom stereocenters. The van der Waals surface area contributed by atoms with E-state index in [2.05, 4.69) is 10.3 Å². The highest BCUT2D eigenvalue weighted by atomic mass is 127. The number of carbonyl (C=O) groups excluding carboxylic acids is 1. The minimum absolute atomic E-state index is 0. The average molecular weight is 527 g/mol. The molecular formula is C19H32ClIN4O3. The van der Waals surface area contributed by atoms with Crippen LogP contribution in [-0.2, 0) is 9.53 Å². The molecule has 0 heterocycles. The largest absolute Gasteiger partial charge is 0.492 e. The smallest absolute Gasteiger partial charge is 0.243 e. The molecule has 0 spiro atoms. The summed E-state index contributed by atoms with van der Waals surface area (Å²) in [5.74, 6) is 1.38. The van der Waals surface area contributed by atoms with Crippen molar-refractivity contribution in [1.29, 1.82) is 0 Å². The third-order valence-corrected chi connectivity index (χ3v) is 3.94. The Bertz CT molecular complexity index is 585. The molecule has 1 aromatic rings. The zero-order valence-electron chi connectivity index (χ0n) is 17.1. The lowest BCUT2D eigenvalue weighted by molar-refractivity contribution is -0.127. The van der Waals surface area contributed by atoms with Gasteiger partial charge in [0.2, 0.25) is 5.91 Å². The van der Waals surface area contributed by atoms with Gasteiger partial charge in [0, 0.05) is 45.9 Å². The zero-order chi connectivity index (χ0) is 20.1. The van der Waals surface area contributed by atoms with Crippen LogP contribution >= 0.6 is 35.6 Å². The van der Waals surface area contributed by atoms with Crippen LogP contribution in [0.1, 0.15) is 13.3 Å². The SMILES string of the molecule is CCOCCCNC(=NCC(=O)N(C)C)N(C)CCOc1ccc(Cl)cc1.I. The molecule has 0 aliphatic rings. The second kappa shape index (κ2) is 15.6. The van der Waals surface area contributed by atoms with Gasteiger partial charge in [-0.25, -0.2) is 4.99 Å². The number of likely N-dealkylation sites (N-methyl/N-ethyl adjacent to an activating group) is 2. The molecule has 0 saturated heterocycles. The van der Waals surface area contributed by atoms with E-state index in [1.807, 2.05) is 31.0 Å². The Morgan fingerprint density at radius 2 is 1.86 bits per heavy atom. The third kappa shape index (κ3) is 11.6. The maximum atomic E-state index is 11.8. The molecule has 0 aliphatic heterocycles. The van der Waals surface area contributed by atoms with Gasteiger partial charge in [-0.3, -0.25) is 4.79 Å². The van der Waals surface area contributed by atoms with Gasteiger partial charge in [-0.05, 0) is 37.6 Å². The van der Waals surface area contributed by atoms with Crippen molar-refractivity contribution >= 4 is 47.4 Å². The highest BCUT2D eigenvalue weighted by molar-refractivity contribution is 14.0. The summed E-state index contributed by atoms with van der Waals surface area (Å²) >= 11 is 5.87. The molecule has 9 heteroatoms. The van der Waals surface area contributed by atoms with E-state index in [1.54, 1.807) is 26.2 Å². The van der Waals surface area contributed by atoms with Gasteiger partial charge in [-0.2, -0.15) is 0 Å². The number of amides is 1. The maximum absolute atomic E-state index is 11.8. The van der Waals surface area contributed by atoms with E-state index in [9.17, 15) is 4.79 Å². The molecule has 0 fully saturated rings. The van der Waals surface area contributed by atoms with Crippen LogP contribution in [0.25, 0.3) is 0 Å². The Labute approximate surface area is 190 Å². The normalized spacial score (nSPS) is 10.8. The summed E-state index contributed by atoms with van der Waals surface area (Å²) in [5, 5.41) is 3.96. The van der Waals surface area contributed by atoms with Crippen molar-refractivity contribution in [3.8, 4) is 5.75 Å². The molecule has 1 amide bonds. The van der Waals surface area contributed by atoms with E-state index < -0.39 is 0 Å². The number of carbonyl (C=O) groups is 1. The van der Waals surface area contributed by atoms with E-state index in [0.29, 0.717) is 37.3 Å². The number of rotatable bonds is 11. The first-order chi connectivity index (χ1) is 12.9. The standard InChI is InChI=1S/C19H31ClN4O3.HI/c1-5-26-13-6-11-21-19(22-15-18(25)23(2)3)24(4)12-14-27-17-9-7-16(20)8-10-17;/h7-10H,5-6,11-15H2,1-4H3,(H,21,22);1H. The van der Waals surface area contributed by atoms with E-state index >= 15 is 0 Å². The maximum Gasteiger partial charge on any atom is 0.243 e. The molecule has 0 aromatic heterocycles. The van der Waals surface area contributed by atoms with Crippen LogP contribution in [0.2, 0.25) is 5.02 Å². The van der Waals surface area contributed by atoms with Gasteiger partial charge in [-0.15, -0.1) is 24.0 Å². The van der Waals surface area contributed by atoms with E-state index in [0.717, 1.165) is 18.7 Å². The lowest BCUT2D eigenvalue weighted by Crippen LogP contribution is -2.42. The van der Waals surface area contributed by atoms with Gasteiger partial charge in [-0.1, -0.05) is 11.6 Å². The second-order valence-corrected chi connectivity index (χ2v) is 6.57. The molecule has 0 unspecified atom stereocenters. The fraction of sp³-hybridized carbons (Fsp3) is 0.579. The molecule has 1 N–H and O–H groups in total. The van der Waals surface area contributed by atoms with Crippen molar-refractivity contribution in [2.45, 2.75) is 13.3 Å². The lowest BCUT2D eigenvalue weighted by atomic mass is 10.3. The number of aliphatic imine (C=N–C) groups is 1. The predicted octanol–water partition coefficient (Wildman–Crippen LogP) is 2.73. The van der Waals surface area contributed by atoms with Crippen molar-refractivity contribution in [2.24, 2.45) is 4.99 Å². The number of hydrogen-bond donors (Lipinski definition) is 1. The van der Waals surface area contributed by atoms with Crippen LogP contribution in [0.5, 0.6) is 5.75 Å². The van der Waals surface area contributed by atoms with Gasteiger partial charge >= 0.3 is 0 Å². The Hall–Kier alpha value is -1.26. The molecule has 1 aromatic carbocycles. The molecule has 28 heavy (non-hydrogen) atoms. The van der Waals surface area contributed by atoms with Crippen molar-refractivity contribution in [1.82, 2.24) is 15.1 Å². The second-order valence-electron chi connectivity index (χ2n) is 6.13. The number of hydrogen-bond acceptors (Lipinski definition) is 4. The van der Waals surface area contributed by atoms with Crippen LogP contribution < -0.4 is 10.1 Å². The quantitative estimate of drug-likeness (QED) is 0.208. The summed E-state index contributed by atoms with van der Waals surface area (Å²) in [6.45, 7) is 5.30. The Balaban J connectivity index is 0.00000729. The molecule has 0 radical (unpaired) electrons. The van der Waals surface area contributed by atoms with Gasteiger partial charge in [0.1, 0.15) is 18.9 Å². The minimum atomic E-state index is -0.0468. The van der Waals surface area contributed by atoms with Gasteiger partial charge in [0.05, 0.1) is 6.54 Å². The number of guanidine groups is 1. The van der Waals surface area contributed by atoms with Crippen LogP contribution in [0.15, 0.2) is 29.3 Å². The van der Waals surface area contributed by atoms with Gasteiger partial charge in [0.15, 0.2) is 5.96 Å². The fourth-order valence-electron chi connectivity index (χ4n) is 2.05. The van der Waals surface area contributed by atoms with Crippen LogP contribution in [0.4, 0.5) is 0 Å². The zero-order valence-corrected chi connectivity index (χ0v) is 20.2. The van der Waals surface area contributed by atoms with Crippen LogP contribution in [-0.4, -0.2) is 82.3 Å². The fourth-order valence-corrected chi connectivity index (χ4v) is 2.18. The summed E-state index contributed by atoms with van der Waals surface area (Å²) in [6.07, 6.45) is 0.865. The molecule has 1 rings (SSSR count). The Kier molecular flexibility index (Phi) is 14.9. The topological polar surface area (TPSA) is 66.4 Å². The summed E-state index contributed by atoms with van der Waals surface area (Å²) < 4.78 is 11.1. The highest BCUT2D eigenvalue weighted by Gasteiger charge is 2.09. The number of halogens is 2. The lowest BCUT2D eigenvalue weighted by Gasteiger charge is -2.23. The predicted molar refractivity (Wildman–Crippen MR) is 125 cm³/mol. The van der Waals surface area contributed by atoms with Crippen molar-refractivity contribution in [2.75, 3.05) is 60.6 Å². The summed E-state index contributed by atoms with van der Waals surface area (Å²) in [7, 11) is 5.35. The minimum Gasteiger partial charge on any atom is -0.492 e. The van der Waals surface area contributed by atoms with E-state index in [1.165, 1.54) is 4.90 Å². The van der Waals surface area contributed by atoms with Crippen molar-refractivity contribution in [3.05, 3.63) is 29.3 Å². The van der Waals surface area contributed by atoms with Crippen LogP contribution in [0, 0.1) is 0 Å². The molecular weight excluding hydrogens is 495 g/mol. The van der Waals surface area contributed by atoms with Crippen molar-refractivity contribution in [3.63, 3.8) is 0 Å². The monoisotopic (exact) mass is 526 g/mol. The Morgan fingerprint density at radius 1 is 1.18 bits per heavy atom. The average Bonchev–Trinajstić information content (AvgIpc) is 2.65. The third-order valence-electron chi connectivity index (χ3n) is 3.69. The first-order valence-electron chi connectivity index (χ1n) is 9.09. The Morgan fingerprint density at radius 3 is 2.46 bits per heavy atom. The van der Waals surface area contributed by atoms with Crippen LogP contribution in [0.3, 0.4) is 0 Å². The van der Waals surface area contributed by atoms with Gasteiger partial charge < -0.3 is 24.6 Å². The van der Waals surface area contributed by atoms with Crippen molar-refractivity contribution < 1.29 is 14.3 Å². The van der Waals surface area contributed by atoms with Gasteiger partial charge in [0.25, 0.3) is 0 Å². The van der Waals surface area contributed by atoms with E-state index in [-0.39, 0.29) is 36.4 Å². The molecule has 7 nitrogen and oxygen atoms in total. The molecule has 160 valence electrons. The number of benzene rings is 1.